The number of anilines is 1. The van der Waals surface area contributed by atoms with Crippen molar-refractivity contribution in [2.24, 2.45) is 0 Å². The Bertz CT molecular complexity index is 880. The van der Waals surface area contributed by atoms with Gasteiger partial charge >= 0.3 is 0 Å². The first-order valence-electron chi connectivity index (χ1n) is 11.0. The lowest BCUT2D eigenvalue weighted by Gasteiger charge is -2.51. The number of rotatable bonds is 3. The maximum absolute atomic E-state index is 13.5. The lowest BCUT2D eigenvalue weighted by atomic mass is 9.65. The second-order valence-corrected chi connectivity index (χ2v) is 9.77. The van der Waals surface area contributed by atoms with Gasteiger partial charge in [0.05, 0.1) is 6.54 Å². The summed E-state index contributed by atoms with van der Waals surface area (Å²) >= 11 is 0. The Labute approximate surface area is 175 Å². The molecule has 1 saturated heterocycles. The summed E-state index contributed by atoms with van der Waals surface area (Å²) < 4.78 is 0. The van der Waals surface area contributed by atoms with E-state index in [1.165, 1.54) is 36.0 Å². The Hall–Kier alpha value is -2.13. The number of likely N-dealkylation sites (tertiary alicyclic amines) is 1. The van der Waals surface area contributed by atoms with E-state index in [1.54, 1.807) is 0 Å². The molecule has 0 aliphatic carbocycles. The van der Waals surface area contributed by atoms with Gasteiger partial charge in [0, 0.05) is 16.6 Å². The van der Waals surface area contributed by atoms with E-state index >= 15 is 0 Å². The maximum Gasteiger partial charge on any atom is 0.241 e. The topological polar surface area (TPSA) is 23.6 Å². The van der Waals surface area contributed by atoms with Crippen LogP contribution in [0.4, 0.5) is 5.69 Å². The molecule has 3 heteroatoms. The third-order valence-corrected chi connectivity index (χ3v) is 6.88. The first-order valence-corrected chi connectivity index (χ1v) is 11.0. The first-order chi connectivity index (χ1) is 13.8. The Morgan fingerprint density at radius 2 is 1.59 bits per heavy atom. The van der Waals surface area contributed by atoms with E-state index in [0.29, 0.717) is 6.54 Å². The minimum absolute atomic E-state index is 0.115. The standard InChI is InChI=1S/C26H34N2O/c1-20-12-14-21(15-13-20)26(4)19-25(2,3)28(23-11-7-6-10-22(23)26)24(29)18-27-16-8-5-9-17-27/h6-7,10-15H,5,8-9,16-19H2,1-4H3. The van der Waals surface area contributed by atoms with Crippen LogP contribution >= 0.6 is 0 Å². The van der Waals surface area contributed by atoms with Crippen molar-refractivity contribution in [3.8, 4) is 0 Å². The van der Waals surface area contributed by atoms with Crippen molar-refractivity contribution < 1.29 is 4.79 Å². The van der Waals surface area contributed by atoms with Gasteiger partial charge in [-0.25, -0.2) is 0 Å². The molecular weight excluding hydrogens is 356 g/mol. The van der Waals surface area contributed by atoms with Gasteiger partial charge < -0.3 is 4.90 Å². The summed E-state index contributed by atoms with van der Waals surface area (Å²) in [4.78, 5) is 17.9. The van der Waals surface area contributed by atoms with Crippen LogP contribution < -0.4 is 4.90 Å². The van der Waals surface area contributed by atoms with Gasteiger partial charge in [-0.05, 0) is 70.3 Å². The molecule has 3 nitrogen and oxygen atoms in total. The van der Waals surface area contributed by atoms with Crippen LogP contribution in [0.5, 0.6) is 0 Å². The molecule has 1 atom stereocenters. The number of carbonyl (C=O) groups excluding carboxylic acids is 1. The zero-order valence-corrected chi connectivity index (χ0v) is 18.4. The zero-order valence-electron chi connectivity index (χ0n) is 18.4. The largest absolute Gasteiger partial charge is 0.305 e. The maximum atomic E-state index is 13.5. The van der Waals surface area contributed by atoms with E-state index in [0.717, 1.165) is 25.2 Å². The van der Waals surface area contributed by atoms with E-state index in [1.807, 2.05) is 0 Å². The molecule has 0 bridgehead atoms. The molecule has 1 unspecified atom stereocenters. The predicted molar refractivity (Wildman–Crippen MR) is 121 cm³/mol. The average molecular weight is 391 g/mol. The van der Waals surface area contributed by atoms with Gasteiger partial charge in [-0.3, -0.25) is 9.69 Å². The fourth-order valence-electron chi connectivity index (χ4n) is 5.53. The molecule has 2 aromatic rings. The highest BCUT2D eigenvalue weighted by molar-refractivity contribution is 5.98. The molecule has 154 valence electrons. The minimum Gasteiger partial charge on any atom is -0.305 e. The number of nitrogens with zero attached hydrogens (tertiary/aromatic N) is 2. The summed E-state index contributed by atoms with van der Waals surface area (Å²) in [6, 6.07) is 17.4. The average Bonchev–Trinajstić information content (AvgIpc) is 2.68. The van der Waals surface area contributed by atoms with Crippen LogP contribution in [-0.2, 0) is 10.2 Å². The van der Waals surface area contributed by atoms with Crippen LogP contribution in [0.2, 0.25) is 0 Å². The fraction of sp³-hybridized carbons (Fsp3) is 0.500. The van der Waals surface area contributed by atoms with E-state index in [9.17, 15) is 4.79 Å². The van der Waals surface area contributed by atoms with Gasteiger partial charge in [0.2, 0.25) is 5.91 Å². The molecule has 2 heterocycles. The van der Waals surface area contributed by atoms with Gasteiger partial charge in [-0.1, -0.05) is 61.4 Å². The molecule has 2 aliphatic rings. The van der Waals surface area contributed by atoms with Gasteiger partial charge in [0.15, 0.2) is 0 Å². The number of piperidine rings is 1. The van der Waals surface area contributed by atoms with Gasteiger partial charge in [-0.15, -0.1) is 0 Å². The second kappa shape index (κ2) is 7.60. The van der Waals surface area contributed by atoms with Crippen LogP contribution in [0, 0.1) is 6.92 Å². The minimum atomic E-state index is -0.249. The molecule has 4 rings (SSSR count). The summed E-state index contributed by atoms with van der Waals surface area (Å²) in [5.41, 5.74) is 4.58. The number of carbonyl (C=O) groups is 1. The Morgan fingerprint density at radius 1 is 0.931 bits per heavy atom. The molecule has 0 saturated carbocycles. The fourth-order valence-corrected chi connectivity index (χ4v) is 5.53. The second-order valence-electron chi connectivity index (χ2n) is 9.77. The SMILES string of the molecule is Cc1ccc(C2(C)CC(C)(C)N(C(=O)CN3CCCCC3)c3ccccc32)cc1. The molecule has 0 radical (unpaired) electrons. The van der Waals surface area contributed by atoms with Gasteiger partial charge in [0.25, 0.3) is 0 Å². The number of benzene rings is 2. The molecule has 0 spiro atoms. The number of fused-ring (bicyclic) bond motifs is 1. The van der Waals surface area contributed by atoms with Crippen molar-refractivity contribution in [3.05, 3.63) is 65.2 Å². The van der Waals surface area contributed by atoms with Crippen LogP contribution in [-0.4, -0.2) is 36.0 Å². The molecular formula is C26H34N2O. The summed E-state index contributed by atoms with van der Waals surface area (Å²) in [6.07, 6.45) is 4.61. The molecule has 1 fully saturated rings. The van der Waals surface area contributed by atoms with Crippen molar-refractivity contribution in [1.29, 1.82) is 0 Å². The molecule has 0 N–H and O–H groups in total. The molecule has 2 aromatic carbocycles. The summed E-state index contributed by atoms with van der Waals surface area (Å²) in [7, 11) is 0. The number of hydrogen-bond acceptors (Lipinski definition) is 2. The van der Waals surface area contributed by atoms with Crippen molar-refractivity contribution in [1.82, 2.24) is 4.90 Å². The smallest absolute Gasteiger partial charge is 0.241 e. The van der Waals surface area contributed by atoms with Crippen molar-refractivity contribution >= 4 is 11.6 Å². The Morgan fingerprint density at radius 3 is 2.28 bits per heavy atom. The van der Waals surface area contributed by atoms with E-state index in [2.05, 4.69) is 86.0 Å². The number of hydrogen-bond donors (Lipinski definition) is 0. The zero-order chi connectivity index (χ0) is 20.6. The van der Waals surface area contributed by atoms with E-state index < -0.39 is 0 Å². The van der Waals surface area contributed by atoms with Crippen LogP contribution in [0.3, 0.4) is 0 Å². The lowest BCUT2D eigenvalue weighted by molar-refractivity contribution is -0.121. The quantitative estimate of drug-likeness (QED) is 0.710. The summed E-state index contributed by atoms with van der Waals surface area (Å²) in [5, 5.41) is 0. The molecule has 0 aromatic heterocycles. The Balaban J connectivity index is 1.73. The predicted octanol–water partition coefficient (Wildman–Crippen LogP) is 5.30. The number of amides is 1. The number of aryl methyl sites for hydroxylation is 1. The van der Waals surface area contributed by atoms with Gasteiger partial charge in [-0.2, -0.15) is 0 Å². The number of para-hydroxylation sites is 1. The van der Waals surface area contributed by atoms with Crippen LogP contribution in [0.15, 0.2) is 48.5 Å². The normalized spacial score (nSPS) is 24.2. The van der Waals surface area contributed by atoms with Crippen LogP contribution in [0.1, 0.15) is 63.1 Å². The summed E-state index contributed by atoms with van der Waals surface area (Å²) in [5.74, 6) is 0.232. The first kappa shape index (κ1) is 20.2. The lowest BCUT2D eigenvalue weighted by Crippen LogP contribution is -2.58. The third-order valence-electron chi connectivity index (χ3n) is 6.88. The van der Waals surface area contributed by atoms with Crippen molar-refractivity contribution in [2.45, 2.75) is 64.3 Å². The monoisotopic (exact) mass is 390 g/mol. The molecule has 29 heavy (non-hydrogen) atoms. The highest BCUT2D eigenvalue weighted by Crippen LogP contribution is 2.50. The van der Waals surface area contributed by atoms with Crippen molar-refractivity contribution in [2.75, 3.05) is 24.5 Å². The molecule has 1 amide bonds. The van der Waals surface area contributed by atoms with E-state index in [4.69, 9.17) is 0 Å². The summed E-state index contributed by atoms with van der Waals surface area (Å²) in [6.45, 7) is 11.5. The van der Waals surface area contributed by atoms with E-state index in [-0.39, 0.29) is 16.9 Å². The highest BCUT2D eigenvalue weighted by Gasteiger charge is 2.47. The highest BCUT2D eigenvalue weighted by atomic mass is 16.2. The van der Waals surface area contributed by atoms with Crippen LogP contribution in [0.25, 0.3) is 0 Å². The molecule has 2 aliphatic heterocycles. The Kier molecular flexibility index (Phi) is 5.29. The van der Waals surface area contributed by atoms with Gasteiger partial charge in [0.1, 0.15) is 0 Å². The third kappa shape index (κ3) is 3.73. The van der Waals surface area contributed by atoms with Crippen molar-refractivity contribution in [3.63, 3.8) is 0 Å².